The van der Waals surface area contributed by atoms with Crippen LogP contribution in [0.15, 0.2) is 12.3 Å². The van der Waals surface area contributed by atoms with Crippen LogP contribution in [0.1, 0.15) is 13.3 Å². The van der Waals surface area contributed by atoms with Gasteiger partial charge in [-0.15, -0.1) is 0 Å². The lowest BCUT2D eigenvalue weighted by Gasteiger charge is -2.16. The van der Waals surface area contributed by atoms with Crippen LogP contribution in [-0.4, -0.2) is 67.7 Å². The number of amides is 2. The molecule has 0 aromatic carbocycles. The highest BCUT2D eigenvalue weighted by atomic mass is 32.2. The molecule has 1 fully saturated rings. The minimum atomic E-state index is -3.36. The van der Waals surface area contributed by atoms with Gasteiger partial charge in [0.15, 0.2) is 5.82 Å². The number of hydrogen-bond acceptors (Lipinski definition) is 5. The maximum absolute atomic E-state index is 12.2. The summed E-state index contributed by atoms with van der Waals surface area (Å²) in [7, 11) is -1.75. The first kappa shape index (κ1) is 17.7. The number of nitrogens with one attached hydrogen (secondary N) is 2. The average Bonchev–Trinajstić information content (AvgIpc) is 3.14. The SMILES string of the molecule is CCNS(=O)(=O)C1CCN(C(=O)Nc2ccn(CCOC)n2)C1. The van der Waals surface area contributed by atoms with Gasteiger partial charge in [-0.3, -0.25) is 10.00 Å². The molecule has 0 spiro atoms. The molecular formula is C13H23N5O4S. The molecule has 1 unspecified atom stereocenters. The second-order valence-corrected chi connectivity index (χ2v) is 7.33. The van der Waals surface area contributed by atoms with Gasteiger partial charge >= 0.3 is 6.03 Å². The van der Waals surface area contributed by atoms with E-state index in [1.165, 1.54) is 4.90 Å². The molecular weight excluding hydrogens is 322 g/mol. The average molecular weight is 345 g/mol. The Bertz CT molecular complexity index is 630. The number of aromatic nitrogens is 2. The Balaban J connectivity index is 1.88. The number of likely N-dealkylation sites (tertiary alicyclic amines) is 1. The fourth-order valence-corrected chi connectivity index (χ4v) is 3.84. The van der Waals surface area contributed by atoms with E-state index in [9.17, 15) is 13.2 Å². The second-order valence-electron chi connectivity index (χ2n) is 5.29. The normalized spacial score (nSPS) is 18.3. The van der Waals surface area contributed by atoms with Crippen molar-refractivity contribution < 1.29 is 17.9 Å². The third-order valence-corrected chi connectivity index (χ3v) is 5.57. The van der Waals surface area contributed by atoms with Gasteiger partial charge in [0, 0.05) is 39.0 Å². The Morgan fingerprint density at radius 3 is 3.00 bits per heavy atom. The van der Waals surface area contributed by atoms with Crippen LogP contribution >= 0.6 is 0 Å². The van der Waals surface area contributed by atoms with Crippen LogP contribution in [0.5, 0.6) is 0 Å². The largest absolute Gasteiger partial charge is 0.383 e. The van der Waals surface area contributed by atoms with Gasteiger partial charge in [0.2, 0.25) is 10.0 Å². The van der Waals surface area contributed by atoms with Gasteiger partial charge in [-0.2, -0.15) is 5.10 Å². The number of urea groups is 1. The lowest BCUT2D eigenvalue weighted by Crippen LogP contribution is -2.38. The van der Waals surface area contributed by atoms with Crippen molar-refractivity contribution in [1.29, 1.82) is 0 Å². The van der Waals surface area contributed by atoms with Crippen LogP contribution in [0.4, 0.5) is 10.6 Å². The summed E-state index contributed by atoms with van der Waals surface area (Å²) in [6, 6.07) is 1.35. The number of rotatable bonds is 7. The number of ether oxygens (including phenoxy) is 1. The number of nitrogens with zero attached hydrogens (tertiary/aromatic N) is 3. The highest BCUT2D eigenvalue weighted by Crippen LogP contribution is 2.17. The molecule has 23 heavy (non-hydrogen) atoms. The highest BCUT2D eigenvalue weighted by Gasteiger charge is 2.34. The Labute approximate surface area is 136 Å². The third kappa shape index (κ3) is 4.66. The van der Waals surface area contributed by atoms with E-state index in [-0.39, 0.29) is 12.6 Å². The van der Waals surface area contributed by atoms with E-state index < -0.39 is 15.3 Å². The molecule has 2 N–H and O–H groups in total. The van der Waals surface area contributed by atoms with Gasteiger partial charge in [0.1, 0.15) is 0 Å². The minimum Gasteiger partial charge on any atom is -0.383 e. The Morgan fingerprint density at radius 2 is 2.30 bits per heavy atom. The van der Waals surface area contributed by atoms with Gasteiger partial charge in [0.05, 0.1) is 18.4 Å². The van der Waals surface area contributed by atoms with Crippen molar-refractivity contribution in [2.45, 2.75) is 25.1 Å². The molecule has 2 rings (SSSR count). The molecule has 1 atom stereocenters. The molecule has 1 saturated heterocycles. The van der Waals surface area contributed by atoms with Crippen molar-refractivity contribution in [3.63, 3.8) is 0 Å². The van der Waals surface area contributed by atoms with Gasteiger partial charge < -0.3 is 9.64 Å². The van der Waals surface area contributed by atoms with E-state index >= 15 is 0 Å². The molecule has 9 nitrogen and oxygen atoms in total. The zero-order valence-corrected chi connectivity index (χ0v) is 14.2. The number of methoxy groups -OCH3 is 1. The monoisotopic (exact) mass is 345 g/mol. The van der Waals surface area contributed by atoms with E-state index in [2.05, 4.69) is 15.1 Å². The van der Waals surface area contributed by atoms with Crippen molar-refractivity contribution in [3.8, 4) is 0 Å². The van der Waals surface area contributed by atoms with Crippen LogP contribution in [0.3, 0.4) is 0 Å². The maximum Gasteiger partial charge on any atom is 0.323 e. The predicted octanol–water partition coefficient (Wildman–Crippen LogP) is 0.0750. The van der Waals surface area contributed by atoms with Gasteiger partial charge in [-0.05, 0) is 6.42 Å². The molecule has 10 heteroatoms. The van der Waals surface area contributed by atoms with E-state index in [1.54, 1.807) is 31.0 Å². The number of anilines is 1. The smallest absolute Gasteiger partial charge is 0.323 e. The Morgan fingerprint density at radius 1 is 1.52 bits per heavy atom. The van der Waals surface area contributed by atoms with Crippen molar-refractivity contribution in [2.75, 3.05) is 38.7 Å². The molecule has 0 radical (unpaired) electrons. The van der Waals surface area contributed by atoms with Gasteiger partial charge in [0.25, 0.3) is 0 Å². The summed E-state index contributed by atoms with van der Waals surface area (Å²) in [6.45, 7) is 3.81. The fourth-order valence-electron chi connectivity index (χ4n) is 2.41. The van der Waals surface area contributed by atoms with Crippen LogP contribution in [-0.2, 0) is 21.3 Å². The summed E-state index contributed by atoms with van der Waals surface area (Å²) >= 11 is 0. The quantitative estimate of drug-likeness (QED) is 0.728. The number of carbonyl (C=O) groups is 1. The standard InChI is InChI=1S/C13H23N5O4S/c1-3-14-23(20,21)11-4-6-17(10-11)13(19)15-12-5-7-18(16-12)8-9-22-2/h5,7,11,14H,3-4,6,8-10H2,1-2H3,(H,15,16,19). The summed E-state index contributed by atoms with van der Waals surface area (Å²) in [4.78, 5) is 13.7. The molecule has 2 amide bonds. The maximum atomic E-state index is 12.2. The third-order valence-electron chi connectivity index (χ3n) is 3.62. The minimum absolute atomic E-state index is 0.186. The molecule has 0 saturated carbocycles. The molecule has 2 heterocycles. The molecule has 1 aliphatic rings. The zero-order valence-electron chi connectivity index (χ0n) is 13.4. The summed E-state index contributed by atoms with van der Waals surface area (Å²) in [6.07, 6.45) is 2.18. The summed E-state index contributed by atoms with van der Waals surface area (Å²) in [5.41, 5.74) is 0. The molecule has 1 aliphatic heterocycles. The lowest BCUT2D eigenvalue weighted by molar-refractivity contribution is 0.183. The fraction of sp³-hybridized carbons (Fsp3) is 0.692. The number of sulfonamides is 1. The zero-order chi connectivity index (χ0) is 16.9. The summed E-state index contributed by atoms with van der Waals surface area (Å²) in [5.74, 6) is 0.434. The van der Waals surface area contributed by atoms with Crippen molar-refractivity contribution in [1.82, 2.24) is 19.4 Å². The first-order chi connectivity index (χ1) is 11.0. The molecule has 0 bridgehead atoms. The Kier molecular flexibility index (Phi) is 5.97. The lowest BCUT2D eigenvalue weighted by atomic mass is 10.4. The number of carbonyl (C=O) groups excluding carboxylic acids is 1. The number of hydrogen-bond donors (Lipinski definition) is 2. The van der Waals surface area contributed by atoms with Crippen LogP contribution in [0.25, 0.3) is 0 Å². The van der Waals surface area contributed by atoms with Crippen molar-refractivity contribution in [3.05, 3.63) is 12.3 Å². The summed E-state index contributed by atoms with van der Waals surface area (Å²) in [5, 5.41) is 6.32. The van der Waals surface area contributed by atoms with Gasteiger partial charge in [-0.25, -0.2) is 17.9 Å². The highest BCUT2D eigenvalue weighted by molar-refractivity contribution is 7.90. The van der Waals surface area contributed by atoms with Crippen LogP contribution in [0.2, 0.25) is 0 Å². The van der Waals surface area contributed by atoms with Crippen molar-refractivity contribution in [2.24, 2.45) is 0 Å². The van der Waals surface area contributed by atoms with E-state index in [0.717, 1.165) is 0 Å². The first-order valence-electron chi connectivity index (χ1n) is 7.53. The predicted molar refractivity (Wildman–Crippen MR) is 85.7 cm³/mol. The van der Waals surface area contributed by atoms with E-state index in [1.807, 2.05) is 0 Å². The Hall–Kier alpha value is -1.65. The molecule has 1 aromatic heterocycles. The van der Waals surface area contributed by atoms with Crippen LogP contribution < -0.4 is 10.0 Å². The molecule has 1 aromatic rings. The molecule has 130 valence electrons. The van der Waals surface area contributed by atoms with Crippen molar-refractivity contribution >= 4 is 21.9 Å². The molecule has 0 aliphatic carbocycles. The van der Waals surface area contributed by atoms with Gasteiger partial charge in [-0.1, -0.05) is 6.92 Å². The van der Waals surface area contributed by atoms with E-state index in [4.69, 9.17) is 4.74 Å². The topological polar surface area (TPSA) is 106 Å². The second kappa shape index (κ2) is 7.75. The summed E-state index contributed by atoms with van der Waals surface area (Å²) < 4.78 is 33.0. The van der Waals surface area contributed by atoms with Crippen LogP contribution in [0, 0.1) is 0 Å². The van der Waals surface area contributed by atoms with E-state index in [0.29, 0.717) is 38.5 Å². The first-order valence-corrected chi connectivity index (χ1v) is 9.07.